The maximum atomic E-state index is 12.8. The summed E-state index contributed by atoms with van der Waals surface area (Å²) in [4.78, 5) is 14.4. The molecule has 0 saturated carbocycles. The minimum Gasteiger partial charge on any atom is -0.352 e. The van der Waals surface area contributed by atoms with Crippen LogP contribution in [0.5, 0.6) is 0 Å². The minimum atomic E-state index is -3.77. The molecule has 9 heteroatoms. The van der Waals surface area contributed by atoms with Gasteiger partial charge in [0.2, 0.25) is 0 Å². The van der Waals surface area contributed by atoms with Gasteiger partial charge in [0.1, 0.15) is 0 Å². The van der Waals surface area contributed by atoms with Crippen molar-refractivity contribution in [3.05, 3.63) is 58.1 Å². The zero-order chi connectivity index (χ0) is 20.9. The van der Waals surface area contributed by atoms with Gasteiger partial charge in [-0.1, -0.05) is 23.2 Å². The summed E-state index contributed by atoms with van der Waals surface area (Å²) in [6.45, 7) is 1.39. The number of rotatable bonds is 8. The first-order valence-corrected chi connectivity index (χ1v) is 10.8. The van der Waals surface area contributed by atoms with Crippen molar-refractivity contribution in [3.8, 4) is 0 Å². The number of benzene rings is 2. The van der Waals surface area contributed by atoms with E-state index in [9.17, 15) is 13.2 Å². The van der Waals surface area contributed by atoms with Crippen LogP contribution in [0.4, 0.5) is 5.69 Å². The summed E-state index contributed by atoms with van der Waals surface area (Å²) in [6.07, 6.45) is 0.816. The summed E-state index contributed by atoms with van der Waals surface area (Å²) in [6, 6.07) is 10.4. The lowest BCUT2D eigenvalue weighted by Gasteiger charge is -2.20. The van der Waals surface area contributed by atoms with Crippen molar-refractivity contribution in [1.29, 1.82) is 0 Å². The number of hydrogen-bond acceptors (Lipinski definition) is 4. The number of carbonyl (C=O) groups is 1. The number of hydrogen-bond donors (Lipinski definition) is 1. The second-order valence-electron chi connectivity index (χ2n) is 6.50. The normalized spacial score (nSPS) is 11.5. The monoisotopic (exact) mass is 443 g/mol. The fourth-order valence-electron chi connectivity index (χ4n) is 2.48. The summed E-state index contributed by atoms with van der Waals surface area (Å²) in [7, 11) is 1.58. The van der Waals surface area contributed by atoms with Gasteiger partial charge in [-0.15, -0.1) is 0 Å². The molecule has 0 aliphatic rings. The quantitative estimate of drug-likeness (QED) is 0.633. The molecular formula is C19H23Cl2N3O3S. The van der Waals surface area contributed by atoms with Gasteiger partial charge in [0.05, 0.1) is 21.2 Å². The topological polar surface area (TPSA) is 69.7 Å². The second-order valence-corrected chi connectivity index (χ2v) is 9.32. The first-order chi connectivity index (χ1) is 13.1. The highest BCUT2D eigenvalue weighted by Gasteiger charge is 2.22. The Labute approximate surface area is 176 Å². The number of halogens is 2. The predicted octanol–water partition coefficient (Wildman–Crippen LogP) is 3.50. The Morgan fingerprint density at radius 2 is 1.68 bits per heavy atom. The Morgan fingerprint density at radius 3 is 2.25 bits per heavy atom. The van der Waals surface area contributed by atoms with E-state index in [1.165, 1.54) is 43.4 Å². The molecule has 0 aliphatic carbocycles. The molecule has 1 amide bonds. The van der Waals surface area contributed by atoms with Crippen molar-refractivity contribution in [1.82, 2.24) is 10.2 Å². The standard InChI is InChI=1S/C19H23Cl2N3O3S/c1-23(2)12-4-11-22-19(25)17-10-7-15(13-18(17)21)24(3)28(26,27)16-8-5-14(20)6-9-16/h5-10,13H,4,11-12H2,1-3H3,(H,22,25). The van der Waals surface area contributed by atoms with Crippen molar-refractivity contribution in [3.63, 3.8) is 0 Å². The number of anilines is 1. The third-order valence-electron chi connectivity index (χ3n) is 4.10. The number of sulfonamides is 1. The van der Waals surface area contributed by atoms with Gasteiger partial charge < -0.3 is 10.2 Å². The fraction of sp³-hybridized carbons (Fsp3) is 0.316. The second kappa shape index (κ2) is 9.60. The molecule has 0 unspecified atom stereocenters. The molecule has 1 N–H and O–H groups in total. The van der Waals surface area contributed by atoms with E-state index in [1.54, 1.807) is 6.07 Å². The van der Waals surface area contributed by atoms with E-state index in [1.807, 2.05) is 19.0 Å². The molecule has 0 radical (unpaired) electrons. The Kier molecular flexibility index (Phi) is 7.71. The van der Waals surface area contributed by atoms with Gasteiger partial charge in [-0.3, -0.25) is 9.10 Å². The number of nitrogens with one attached hydrogen (secondary N) is 1. The Hall–Kier alpha value is -1.80. The van der Waals surface area contributed by atoms with E-state index in [2.05, 4.69) is 5.32 Å². The minimum absolute atomic E-state index is 0.109. The molecule has 6 nitrogen and oxygen atoms in total. The molecule has 152 valence electrons. The third-order valence-corrected chi connectivity index (χ3v) is 6.47. The van der Waals surface area contributed by atoms with Crippen LogP contribution in [0.1, 0.15) is 16.8 Å². The molecule has 0 fully saturated rings. The van der Waals surface area contributed by atoms with Crippen LogP contribution < -0.4 is 9.62 Å². The summed E-state index contributed by atoms with van der Waals surface area (Å²) in [5.41, 5.74) is 0.650. The van der Waals surface area contributed by atoms with Crippen LogP contribution in [-0.2, 0) is 10.0 Å². The SMILES string of the molecule is CN(C)CCCNC(=O)c1ccc(N(C)S(=O)(=O)c2ccc(Cl)cc2)cc1Cl. The van der Waals surface area contributed by atoms with Crippen molar-refractivity contribution in [2.24, 2.45) is 0 Å². The molecule has 0 aromatic heterocycles. The summed E-state index contributed by atoms with van der Waals surface area (Å²) in [5.74, 6) is -0.293. The lowest BCUT2D eigenvalue weighted by atomic mass is 10.2. The molecular weight excluding hydrogens is 421 g/mol. The first kappa shape index (κ1) is 22.5. The molecule has 0 spiro atoms. The summed E-state index contributed by atoms with van der Waals surface area (Å²) < 4.78 is 26.6. The van der Waals surface area contributed by atoms with Gasteiger partial charge in [0.15, 0.2) is 0 Å². The van der Waals surface area contributed by atoms with Crippen molar-refractivity contribution in [2.75, 3.05) is 38.5 Å². The molecule has 28 heavy (non-hydrogen) atoms. The van der Waals surface area contributed by atoms with Crippen LogP contribution in [0, 0.1) is 0 Å². The van der Waals surface area contributed by atoms with Crippen molar-refractivity contribution < 1.29 is 13.2 Å². The molecule has 2 aromatic carbocycles. The van der Waals surface area contributed by atoms with Crippen LogP contribution >= 0.6 is 23.2 Å². The molecule has 0 atom stereocenters. The lowest BCUT2D eigenvalue weighted by Crippen LogP contribution is -2.28. The molecule has 0 heterocycles. The van der Waals surface area contributed by atoms with Crippen LogP contribution in [-0.4, -0.2) is 53.5 Å². The zero-order valence-corrected chi connectivity index (χ0v) is 18.3. The van der Waals surface area contributed by atoms with E-state index in [0.717, 1.165) is 17.3 Å². The van der Waals surface area contributed by atoms with E-state index < -0.39 is 10.0 Å². The highest BCUT2D eigenvalue weighted by atomic mass is 35.5. The molecule has 0 saturated heterocycles. The molecule has 0 aliphatic heterocycles. The van der Waals surface area contributed by atoms with Gasteiger partial charge in [-0.2, -0.15) is 0 Å². The average molecular weight is 444 g/mol. The molecule has 0 bridgehead atoms. The van der Waals surface area contributed by atoms with E-state index in [4.69, 9.17) is 23.2 Å². The fourth-order valence-corrected chi connectivity index (χ4v) is 4.05. The first-order valence-electron chi connectivity index (χ1n) is 8.60. The van der Waals surface area contributed by atoms with Crippen LogP contribution in [0.15, 0.2) is 47.4 Å². The largest absolute Gasteiger partial charge is 0.352 e. The molecule has 2 rings (SSSR count). The smallest absolute Gasteiger partial charge is 0.264 e. The van der Waals surface area contributed by atoms with E-state index in [0.29, 0.717) is 22.8 Å². The number of nitrogens with zero attached hydrogens (tertiary/aromatic N) is 2. The van der Waals surface area contributed by atoms with E-state index >= 15 is 0 Å². The lowest BCUT2D eigenvalue weighted by molar-refractivity contribution is 0.0952. The van der Waals surface area contributed by atoms with Crippen molar-refractivity contribution >= 4 is 44.8 Å². The molecule has 2 aromatic rings. The average Bonchev–Trinajstić information content (AvgIpc) is 2.64. The van der Waals surface area contributed by atoms with Crippen molar-refractivity contribution in [2.45, 2.75) is 11.3 Å². The van der Waals surface area contributed by atoms with Gasteiger partial charge in [0, 0.05) is 18.6 Å². The van der Waals surface area contributed by atoms with Gasteiger partial charge in [-0.25, -0.2) is 8.42 Å². The summed E-state index contributed by atoms with van der Waals surface area (Å²) >= 11 is 12.1. The van der Waals surface area contributed by atoms with Crippen LogP contribution in [0.2, 0.25) is 10.0 Å². The predicted molar refractivity (Wildman–Crippen MR) is 114 cm³/mol. The van der Waals surface area contributed by atoms with Gasteiger partial charge in [0.25, 0.3) is 15.9 Å². The highest BCUT2D eigenvalue weighted by molar-refractivity contribution is 7.92. The van der Waals surface area contributed by atoms with Crippen LogP contribution in [0.25, 0.3) is 0 Å². The Morgan fingerprint density at radius 1 is 1.04 bits per heavy atom. The Bertz CT molecular complexity index is 932. The third kappa shape index (κ3) is 5.61. The Balaban J connectivity index is 2.14. The van der Waals surface area contributed by atoms with E-state index in [-0.39, 0.29) is 15.8 Å². The maximum absolute atomic E-state index is 12.8. The zero-order valence-electron chi connectivity index (χ0n) is 15.9. The van der Waals surface area contributed by atoms with Crippen LogP contribution in [0.3, 0.4) is 0 Å². The maximum Gasteiger partial charge on any atom is 0.264 e. The number of amides is 1. The van der Waals surface area contributed by atoms with Gasteiger partial charge in [-0.05, 0) is 69.5 Å². The number of carbonyl (C=O) groups excluding carboxylic acids is 1. The highest BCUT2D eigenvalue weighted by Crippen LogP contribution is 2.27. The van der Waals surface area contributed by atoms with Gasteiger partial charge >= 0.3 is 0 Å². The summed E-state index contributed by atoms with van der Waals surface area (Å²) in [5, 5.41) is 3.44.